The Hall–Kier alpha value is -2.56. The van der Waals surface area contributed by atoms with Gasteiger partial charge in [-0.1, -0.05) is 0 Å². The van der Waals surface area contributed by atoms with Gasteiger partial charge >= 0.3 is 0 Å². The Labute approximate surface area is 116 Å². The summed E-state index contributed by atoms with van der Waals surface area (Å²) in [5.41, 5.74) is 1.96. The number of rotatable bonds is 5. The summed E-state index contributed by atoms with van der Waals surface area (Å²) in [6.07, 6.45) is 3.87. The lowest BCUT2D eigenvalue weighted by molar-refractivity contribution is 0.498. The van der Waals surface area contributed by atoms with Crippen LogP contribution >= 0.6 is 0 Å². The van der Waals surface area contributed by atoms with Crippen molar-refractivity contribution in [1.82, 2.24) is 10.2 Å². The Morgan fingerprint density at radius 2 is 2.00 bits per heavy atom. The molecule has 1 unspecified atom stereocenters. The fourth-order valence-corrected chi connectivity index (χ4v) is 2.07. The van der Waals surface area contributed by atoms with Gasteiger partial charge in [0, 0.05) is 23.7 Å². The molecular formula is C15H15N3O2. The zero-order valence-corrected chi connectivity index (χ0v) is 11.1. The average Bonchev–Trinajstić information content (AvgIpc) is 3.12. The van der Waals surface area contributed by atoms with Crippen molar-refractivity contribution in [1.29, 1.82) is 0 Å². The van der Waals surface area contributed by atoms with Crippen LogP contribution in [0.1, 0.15) is 12.7 Å². The molecule has 0 aliphatic carbocycles. The lowest BCUT2D eigenvalue weighted by Gasteiger charge is -2.14. The summed E-state index contributed by atoms with van der Waals surface area (Å²) in [7, 11) is 0. The minimum atomic E-state index is 0.287. The Morgan fingerprint density at radius 3 is 2.65 bits per heavy atom. The Bertz CT molecular complexity index is 630. The van der Waals surface area contributed by atoms with Gasteiger partial charge in [-0.2, -0.15) is 0 Å². The maximum atomic E-state index is 5.34. The molecule has 0 radical (unpaired) electrons. The van der Waals surface area contributed by atoms with Gasteiger partial charge in [-0.15, -0.1) is 10.2 Å². The molecule has 5 nitrogen and oxygen atoms in total. The third kappa shape index (κ3) is 2.88. The van der Waals surface area contributed by atoms with Crippen LogP contribution in [0, 0.1) is 0 Å². The molecule has 0 bridgehead atoms. The lowest BCUT2D eigenvalue weighted by atomic mass is 10.1. The molecule has 1 aromatic carbocycles. The van der Waals surface area contributed by atoms with Gasteiger partial charge in [0.05, 0.1) is 6.26 Å². The molecule has 0 aliphatic heterocycles. The Balaban J connectivity index is 1.63. The third-order valence-electron chi connectivity index (χ3n) is 2.99. The fraction of sp³-hybridized carbons (Fsp3) is 0.200. The largest absolute Gasteiger partial charge is 0.469 e. The van der Waals surface area contributed by atoms with Crippen molar-refractivity contribution in [2.45, 2.75) is 19.4 Å². The van der Waals surface area contributed by atoms with E-state index in [0.717, 1.165) is 23.4 Å². The van der Waals surface area contributed by atoms with Gasteiger partial charge in [0.2, 0.25) is 12.3 Å². The summed E-state index contributed by atoms with van der Waals surface area (Å²) >= 11 is 0. The zero-order chi connectivity index (χ0) is 13.8. The highest BCUT2D eigenvalue weighted by Crippen LogP contribution is 2.19. The molecule has 20 heavy (non-hydrogen) atoms. The van der Waals surface area contributed by atoms with Gasteiger partial charge in [0.1, 0.15) is 5.76 Å². The molecule has 2 aromatic heterocycles. The lowest BCUT2D eigenvalue weighted by Crippen LogP contribution is -2.17. The Morgan fingerprint density at radius 1 is 1.15 bits per heavy atom. The van der Waals surface area contributed by atoms with E-state index in [-0.39, 0.29) is 6.04 Å². The van der Waals surface area contributed by atoms with Crippen molar-refractivity contribution >= 4 is 5.69 Å². The van der Waals surface area contributed by atoms with Crippen LogP contribution in [0.5, 0.6) is 0 Å². The van der Waals surface area contributed by atoms with E-state index in [4.69, 9.17) is 8.83 Å². The fourth-order valence-electron chi connectivity index (χ4n) is 2.07. The highest BCUT2D eigenvalue weighted by Gasteiger charge is 2.07. The highest BCUT2D eigenvalue weighted by atomic mass is 16.4. The molecule has 3 aromatic rings. The number of hydrogen-bond acceptors (Lipinski definition) is 5. The molecule has 5 heteroatoms. The van der Waals surface area contributed by atoms with Crippen molar-refractivity contribution in [3.63, 3.8) is 0 Å². The van der Waals surface area contributed by atoms with Crippen LogP contribution in [-0.2, 0) is 6.42 Å². The smallest absolute Gasteiger partial charge is 0.247 e. The summed E-state index contributed by atoms with van der Waals surface area (Å²) in [6, 6.07) is 12.1. The van der Waals surface area contributed by atoms with Crippen molar-refractivity contribution in [3.05, 3.63) is 54.8 Å². The normalized spacial score (nSPS) is 12.2. The monoisotopic (exact) mass is 269 g/mol. The summed E-state index contributed by atoms with van der Waals surface area (Å²) in [6.45, 7) is 2.12. The topological polar surface area (TPSA) is 64.1 Å². The second-order valence-corrected chi connectivity index (χ2v) is 4.65. The van der Waals surface area contributed by atoms with E-state index in [1.165, 1.54) is 6.39 Å². The molecule has 0 spiro atoms. The highest BCUT2D eigenvalue weighted by molar-refractivity contribution is 5.58. The molecule has 1 N–H and O–H groups in total. The standard InChI is InChI=1S/C15H15N3O2/c1-11(9-14-3-2-8-19-14)17-13-6-4-12(5-7-13)15-18-16-10-20-15/h2-8,10-11,17H,9H2,1H3. The summed E-state index contributed by atoms with van der Waals surface area (Å²) in [5, 5.41) is 11.0. The number of anilines is 1. The van der Waals surface area contributed by atoms with E-state index in [1.807, 2.05) is 36.4 Å². The average molecular weight is 269 g/mol. The van der Waals surface area contributed by atoms with Crippen molar-refractivity contribution in [3.8, 4) is 11.5 Å². The maximum absolute atomic E-state index is 5.34. The predicted octanol–water partition coefficient (Wildman–Crippen LogP) is 3.37. The van der Waals surface area contributed by atoms with Crippen LogP contribution in [0.4, 0.5) is 5.69 Å². The zero-order valence-electron chi connectivity index (χ0n) is 11.1. The number of nitrogens with zero attached hydrogens (tertiary/aromatic N) is 2. The van der Waals surface area contributed by atoms with E-state index >= 15 is 0 Å². The molecule has 0 amide bonds. The van der Waals surface area contributed by atoms with Gasteiger partial charge in [-0.3, -0.25) is 0 Å². The number of aromatic nitrogens is 2. The quantitative estimate of drug-likeness (QED) is 0.769. The minimum Gasteiger partial charge on any atom is -0.469 e. The molecule has 0 saturated carbocycles. The van der Waals surface area contributed by atoms with Gasteiger partial charge in [0.25, 0.3) is 0 Å². The minimum absolute atomic E-state index is 0.287. The van der Waals surface area contributed by atoms with Gasteiger partial charge in [0.15, 0.2) is 0 Å². The third-order valence-corrected chi connectivity index (χ3v) is 2.99. The molecule has 3 rings (SSSR count). The van der Waals surface area contributed by atoms with Crippen molar-refractivity contribution in [2.24, 2.45) is 0 Å². The van der Waals surface area contributed by atoms with E-state index < -0.39 is 0 Å². The summed E-state index contributed by atoms with van der Waals surface area (Å²) in [4.78, 5) is 0. The van der Waals surface area contributed by atoms with Crippen LogP contribution in [0.15, 0.2) is 57.9 Å². The SMILES string of the molecule is CC(Cc1ccco1)Nc1ccc(-c2nnco2)cc1. The molecule has 0 fully saturated rings. The molecule has 0 saturated heterocycles. The number of hydrogen-bond donors (Lipinski definition) is 1. The maximum Gasteiger partial charge on any atom is 0.247 e. The van der Waals surface area contributed by atoms with E-state index in [0.29, 0.717) is 5.89 Å². The molecular weight excluding hydrogens is 254 g/mol. The Kier molecular flexibility index (Phi) is 3.50. The van der Waals surface area contributed by atoms with Crippen LogP contribution < -0.4 is 5.32 Å². The van der Waals surface area contributed by atoms with E-state index in [1.54, 1.807) is 6.26 Å². The number of benzene rings is 1. The van der Waals surface area contributed by atoms with Crippen molar-refractivity contribution < 1.29 is 8.83 Å². The van der Waals surface area contributed by atoms with Crippen LogP contribution in [0.25, 0.3) is 11.5 Å². The molecule has 0 aliphatic rings. The summed E-state index contributed by atoms with van der Waals surface area (Å²) < 4.78 is 10.5. The van der Waals surface area contributed by atoms with Crippen molar-refractivity contribution in [2.75, 3.05) is 5.32 Å². The van der Waals surface area contributed by atoms with E-state index in [2.05, 4.69) is 22.4 Å². The van der Waals surface area contributed by atoms with Crippen LogP contribution in [0.2, 0.25) is 0 Å². The predicted molar refractivity (Wildman–Crippen MR) is 75.2 cm³/mol. The molecule has 2 heterocycles. The second kappa shape index (κ2) is 5.61. The number of furan rings is 1. The first-order valence-electron chi connectivity index (χ1n) is 6.47. The molecule has 1 atom stereocenters. The van der Waals surface area contributed by atoms with E-state index in [9.17, 15) is 0 Å². The van der Waals surface area contributed by atoms with Gasteiger partial charge in [-0.05, 0) is 43.3 Å². The van der Waals surface area contributed by atoms with Gasteiger partial charge < -0.3 is 14.2 Å². The summed E-state index contributed by atoms with van der Waals surface area (Å²) in [5.74, 6) is 1.51. The van der Waals surface area contributed by atoms with Crippen LogP contribution in [0.3, 0.4) is 0 Å². The first-order valence-corrected chi connectivity index (χ1v) is 6.47. The number of nitrogens with one attached hydrogen (secondary N) is 1. The molecule has 102 valence electrons. The van der Waals surface area contributed by atoms with Crippen LogP contribution in [-0.4, -0.2) is 16.2 Å². The van der Waals surface area contributed by atoms with Gasteiger partial charge in [-0.25, -0.2) is 0 Å². The first-order chi connectivity index (χ1) is 9.81. The second-order valence-electron chi connectivity index (χ2n) is 4.65. The first kappa shape index (κ1) is 12.5.